The maximum Gasteiger partial charge on any atom is 0.346 e. The van der Waals surface area contributed by atoms with E-state index in [1.54, 1.807) is 55.5 Å². The van der Waals surface area contributed by atoms with E-state index in [1.807, 2.05) is 6.07 Å². The number of hydrogen-bond acceptors (Lipinski definition) is 5. The number of benzene rings is 2. The molecule has 2 rings (SSSR count). The van der Waals surface area contributed by atoms with Crippen LogP contribution in [0.1, 0.15) is 17.3 Å². The fraction of sp³-hybridized carbons (Fsp3) is 0.176. The van der Waals surface area contributed by atoms with Crippen LogP contribution in [0.4, 0.5) is 0 Å². The lowest BCUT2D eigenvalue weighted by atomic mass is 10.2. The van der Waals surface area contributed by atoms with Crippen LogP contribution in [0, 0.1) is 0 Å². The topological polar surface area (TPSA) is 61.8 Å². The van der Waals surface area contributed by atoms with Crippen LogP contribution in [0.15, 0.2) is 54.6 Å². The zero-order valence-corrected chi connectivity index (χ0v) is 12.3. The number of ether oxygens (including phenoxy) is 3. The highest BCUT2D eigenvalue weighted by molar-refractivity contribution is 5.91. The van der Waals surface area contributed by atoms with Crippen LogP contribution in [-0.4, -0.2) is 25.2 Å². The molecule has 1 atom stereocenters. The van der Waals surface area contributed by atoms with E-state index in [0.717, 1.165) is 0 Å². The highest BCUT2D eigenvalue weighted by Crippen LogP contribution is 2.21. The SMILES string of the molecule is COC(=O)C(C)Oc1cccc(OC(=O)c2ccccc2)c1. The Kier molecular flexibility index (Phi) is 5.14. The fourth-order valence-corrected chi connectivity index (χ4v) is 1.77. The van der Waals surface area contributed by atoms with Gasteiger partial charge in [0.05, 0.1) is 12.7 Å². The molecule has 2 aromatic rings. The number of carbonyl (C=O) groups is 2. The minimum absolute atomic E-state index is 0.336. The van der Waals surface area contributed by atoms with Crippen molar-refractivity contribution in [2.45, 2.75) is 13.0 Å². The Hall–Kier alpha value is -2.82. The summed E-state index contributed by atoms with van der Waals surface area (Å²) in [6, 6.07) is 15.2. The van der Waals surface area contributed by atoms with Crippen molar-refractivity contribution in [2.24, 2.45) is 0 Å². The van der Waals surface area contributed by atoms with E-state index in [0.29, 0.717) is 17.1 Å². The smallest absolute Gasteiger partial charge is 0.346 e. The Morgan fingerprint density at radius 2 is 1.64 bits per heavy atom. The lowest BCUT2D eigenvalue weighted by molar-refractivity contribution is -0.147. The van der Waals surface area contributed by atoms with Crippen molar-refractivity contribution in [3.05, 3.63) is 60.2 Å². The fourth-order valence-electron chi connectivity index (χ4n) is 1.77. The summed E-state index contributed by atoms with van der Waals surface area (Å²) in [6.45, 7) is 1.58. The van der Waals surface area contributed by atoms with Crippen molar-refractivity contribution >= 4 is 11.9 Å². The zero-order valence-electron chi connectivity index (χ0n) is 12.3. The lowest BCUT2D eigenvalue weighted by Gasteiger charge is -2.13. The second-order valence-electron chi connectivity index (χ2n) is 4.51. The van der Waals surface area contributed by atoms with Gasteiger partial charge < -0.3 is 14.2 Å². The summed E-state index contributed by atoms with van der Waals surface area (Å²) in [5, 5.41) is 0. The normalized spacial score (nSPS) is 11.4. The molecule has 0 radical (unpaired) electrons. The second kappa shape index (κ2) is 7.26. The molecule has 2 aromatic carbocycles. The molecule has 1 unspecified atom stereocenters. The average Bonchev–Trinajstić information content (AvgIpc) is 2.55. The first kappa shape index (κ1) is 15.6. The third kappa shape index (κ3) is 4.09. The van der Waals surface area contributed by atoms with Gasteiger partial charge in [-0.15, -0.1) is 0 Å². The zero-order chi connectivity index (χ0) is 15.9. The van der Waals surface area contributed by atoms with E-state index in [9.17, 15) is 9.59 Å². The number of esters is 2. The van der Waals surface area contributed by atoms with Crippen LogP contribution >= 0.6 is 0 Å². The molecule has 0 aliphatic rings. The van der Waals surface area contributed by atoms with Gasteiger partial charge in [-0.3, -0.25) is 0 Å². The summed E-state index contributed by atoms with van der Waals surface area (Å²) in [6.07, 6.45) is -0.745. The lowest BCUT2D eigenvalue weighted by Crippen LogP contribution is -2.24. The molecular weight excluding hydrogens is 284 g/mol. The van der Waals surface area contributed by atoms with Gasteiger partial charge in [-0.2, -0.15) is 0 Å². The van der Waals surface area contributed by atoms with Crippen LogP contribution in [-0.2, 0) is 9.53 Å². The monoisotopic (exact) mass is 300 g/mol. The van der Waals surface area contributed by atoms with Crippen molar-refractivity contribution in [1.29, 1.82) is 0 Å². The molecule has 0 spiro atoms. The molecule has 5 heteroatoms. The van der Waals surface area contributed by atoms with E-state index in [-0.39, 0.29) is 0 Å². The van der Waals surface area contributed by atoms with Gasteiger partial charge in [-0.05, 0) is 31.2 Å². The standard InChI is InChI=1S/C17H16O5/c1-12(16(18)20-2)21-14-9-6-10-15(11-14)22-17(19)13-7-4-3-5-8-13/h3-12H,1-2H3. The minimum atomic E-state index is -0.745. The van der Waals surface area contributed by atoms with E-state index in [4.69, 9.17) is 9.47 Å². The van der Waals surface area contributed by atoms with Crippen molar-refractivity contribution in [1.82, 2.24) is 0 Å². The quantitative estimate of drug-likeness (QED) is 0.627. The average molecular weight is 300 g/mol. The third-order valence-corrected chi connectivity index (χ3v) is 2.87. The van der Waals surface area contributed by atoms with Gasteiger partial charge >= 0.3 is 11.9 Å². The van der Waals surface area contributed by atoms with Crippen molar-refractivity contribution in [3.8, 4) is 11.5 Å². The third-order valence-electron chi connectivity index (χ3n) is 2.87. The number of rotatable bonds is 5. The predicted molar refractivity (Wildman–Crippen MR) is 79.9 cm³/mol. The second-order valence-corrected chi connectivity index (χ2v) is 4.51. The Morgan fingerprint density at radius 1 is 0.955 bits per heavy atom. The summed E-state index contributed by atoms with van der Waals surface area (Å²) in [5.74, 6) is -0.190. The summed E-state index contributed by atoms with van der Waals surface area (Å²) >= 11 is 0. The Labute approximate surface area is 128 Å². The Bertz CT molecular complexity index is 651. The van der Waals surface area contributed by atoms with Crippen LogP contribution in [0.2, 0.25) is 0 Å². The molecule has 0 fully saturated rings. The molecule has 0 aliphatic carbocycles. The molecule has 22 heavy (non-hydrogen) atoms. The molecule has 0 saturated heterocycles. The van der Waals surface area contributed by atoms with Crippen LogP contribution in [0.5, 0.6) is 11.5 Å². The summed E-state index contributed by atoms with van der Waals surface area (Å²) in [5.41, 5.74) is 0.455. The molecule has 114 valence electrons. The molecule has 0 aliphatic heterocycles. The van der Waals surface area contributed by atoms with Gasteiger partial charge in [-0.1, -0.05) is 24.3 Å². The molecule has 0 aromatic heterocycles. The molecule has 0 bridgehead atoms. The van der Waals surface area contributed by atoms with Gasteiger partial charge in [0.2, 0.25) is 0 Å². The summed E-state index contributed by atoms with van der Waals surface area (Å²) < 4.78 is 15.3. The number of carbonyl (C=O) groups excluding carboxylic acids is 2. The number of methoxy groups -OCH3 is 1. The van der Waals surface area contributed by atoms with Crippen molar-refractivity contribution in [2.75, 3.05) is 7.11 Å². The van der Waals surface area contributed by atoms with Gasteiger partial charge in [0, 0.05) is 6.07 Å². The minimum Gasteiger partial charge on any atom is -0.479 e. The Balaban J connectivity index is 2.05. The van der Waals surface area contributed by atoms with Crippen LogP contribution in [0.3, 0.4) is 0 Å². The first-order valence-corrected chi connectivity index (χ1v) is 6.72. The van der Waals surface area contributed by atoms with E-state index < -0.39 is 18.0 Å². The first-order chi connectivity index (χ1) is 10.6. The molecule has 0 saturated carbocycles. The van der Waals surface area contributed by atoms with E-state index >= 15 is 0 Å². The molecule has 0 heterocycles. The maximum absolute atomic E-state index is 12.0. The predicted octanol–water partition coefficient (Wildman–Crippen LogP) is 2.85. The van der Waals surface area contributed by atoms with Gasteiger partial charge in [0.1, 0.15) is 11.5 Å². The first-order valence-electron chi connectivity index (χ1n) is 6.72. The van der Waals surface area contributed by atoms with Gasteiger partial charge in [0.25, 0.3) is 0 Å². The Morgan fingerprint density at radius 3 is 2.32 bits per heavy atom. The van der Waals surface area contributed by atoms with E-state index in [2.05, 4.69) is 4.74 Å². The highest BCUT2D eigenvalue weighted by atomic mass is 16.6. The van der Waals surface area contributed by atoms with Crippen LogP contribution in [0.25, 0.3) is 0 Å². The molecular formula is C17H16O5. The van der Waals surface area contributed by atoms with Crippen molar-refractivity contribution < 1.29 is 23.8 Å². The van der Waals surface area contributed by atoms with E-state index in [1.165, 1.54) is 7.11 Å². The largest absolute Gasteiger partial charge is 0.479 e. The van der Waals surface area contributed by atoms with Crippen molar-refractivity contribution in [3.63, 3.8) is 0 Å². The van der Waals surface area contributed by atoms with Gasteiger partial charge in [-0.25, -0.2) is 9.59 Å². The summed E-state index contributed by atoms with van der Waals surface area (Å²) in [7, 11) is 1.29. The number of hydrogen-bond donors (Lipinski definition) is 0. The summed E-state index contributed by atoms with van der Waals surface area (Å²) in [4.78, 5) is 23.3. The molecule has 5 nitrogen and oxygen atoms in total. The maximum atomic E-state index is 12.0. The van der Waals surface area contributed by atoms with Crippen LogP contribution < -0.4 is 9.47 Å². The highest BCUT2D eigenvalue weighted by Gasteiger charge is 2.15. The van der Waals surface area contributed by atoms with Gasteiger partial charge in [0.15, 0.2) is 6.10 Å². The molecule has 0 amide bonds. The molecule has 0 N–H and O–H groups in total.